The Hall–Kier alpha value is -3.06. The van der Waals surface area contributed by atoms with Crippen molar-refractivity contribution in [1.29, 1.82) is 0 Å². The van der Waals surface area contributed by atoms with Crippen LogP contribution in [-0.2, 0) is 6.54 Å². The summed E-state index contributed by atoms with van der Waals surface area (Å²) >= 11 is 0. The molecular weight excluding hydrogens is 344 g/mol. The number of oxazole rings is 1. The fourth-order valence-electron chi connectivity index (χ4n) is 3.50. The molecule has 7 nitrogen and oxygen atoms in total. The summed E-state index contributed by atoms with van der Waals surface area (Å²) in [5, 5.41) is 5.71. The number of nitrogens with zero attached hydrogens (tertiary/aromatic N) is 1. The molecule has 7 heteroatoms. The average molecular weight is 366 g/mol. The number of fused-ring (bicyclic) bond motifs is 1. The van der Waals surface area contributed by atoms with E-state index in [0.717, 1.165) is 26.1 Å². The van der Waals surface area contributed by atoms with Crippen molar-refractivity contribution < 1.29 is 9.21 Å². The molecule has 2 aromatic carbocycles. The second-order valence-electron chi connectivity index (χ2n) is 6.94. The Balaban J connectivity index is 1.25. The van der Waals surface area contributed by atoms with Gasteiger partial charge in [0.05, 0.1) is 5.52 Å². The third-order valence-corrected chi connectivity index (χ3v) is 4.85. The lowest BCUT2D eigenvalue weighted by Gasteiger charge is -2.16. The molecule has 0 saturated carbocycles. The standard InChI is InChI=1S/C20H22N4O3/c25-19(22-16-6-7-17-18(10-16)27-20(26)23-17)21-11-15-8-9-24(13-15)12-14-4-2-1-3-5-14/h1-7,10,15H,8-9,11-13H2,(H,23,26)(H2,21,22,25)/t15-/m0/s1. The molecule has 0 aliphatic carbocycles. The minimum absolute atomic E-state index is 0.256. The minimum Gasteiger partial charge on any atom is -0.408 e. The molecule has 4 rings (SSSR count). The second kappa shape index (κ2) is 7.67. The maximum absolute atomic E-state index is 12.1. The maximum atomic E-state index is 12.1. The summed E-state index contributed by atoms with van der Waals surface area (Å²) in [6.45, 7) is 3.62. The Morgan fingerprint density at radius 2 is 2.07 bits per heavy atom. The zero-order valence-corrected chi connectivity index (χ0v) is 14.9. The molecule has 1 aliphatic rings. The number of aromatic nitrogens is 1. The number of carbonyl (C=O) groups is 1. The van der Waals surface area contributed by atoms with Crippen molar-refractivity contribution in [3.8, 4) is 0 Å². The van der Waals surface area contributed by atoms with Crippen molar-refractivity contribution in [2.24, 2.45) is 5.92 Å². The first-order valence-corrected chi connectivity index (χ1v) is 9.10. The highest BCUT2D eigenvalue weighted by Crippen LogP contribution is 2.19. The highest BCUT2D eigenvalue weighted by Gasteiger charge is 2.22. The van der Waals surface area contributed by atoms with Crippen molar-refractivity contribution >= 4 is 22.8 Å². The Morgan fingerprint density at radius 1 is 1.22 bits per heavy atom. The third-order valence-electron chi connectivity index (χ3n) is 4.85. The van der Waals surface area contributed by atoms with Crippen molar-refractivity contribution in [1.82, 2.24) is 15.2 Å². The van der Waals surface area contributed by atoms with E-state index < -0.39 is 5.76 Å². The summed E-state index contributed by atoms with van der Waals surface area (Å²) in [5.74, 6) is -0.0578. The van der Waals surface area contributed by atoms with Gasteiger partial charge in [-0.05, 0) is 36.6 Å². The zero-order chi connectivity index (χ0) is 18.6. The number of hydrogen-bond donors (Lipinski definition) is 3. The Labute approximate surface area is 156 Å². The van der Waals surface area contributed by atoms with Gasteiger partial charge in [-0.25, -0.2) is 9.59 Å². The van der Waals surface area contributed by atoms with Gasteiger partial charge >= 0.3 is 11.8 Å². The summed E-state index contributed by atoms with van der Waals surface area (Å²) in [5.41, 5.74) is 2.93. The van der Waals surface area contributed by atoms with Crippen LogP contribution < -0.4 is 16.4 Å². The second-order valence-corrected chi connectivity index (χ2v) is 6.94. The van der Waals surface area contributed by atoms with E-state index in [1.165, 1.54) is 5.56 Å². The molecule has 1 saturated heterocycles. The molecule has 1 fully saturated rings. The predicted molar refractivity (Wildman–Crippen MR) is 104 cm³/mol. The van der Waals surface area contributed by atoms with Crippen LogP contribution in [0.1, 0.15) is 12.0 Å². The number of rotatable bonds is 5. The first-order chi connectivity index (χ1) is 13.2. The van der Waals surface area contributed by atoms with Crippen LogP contribution in [-0.4, -0.2) is 35.5 Å². The topological polar surface area (TPSA) is 90.4 Å². The molecular formula is C20H22N4O3. The van der Waals surface area contributed by atoms with Gasteiger partial charge in [-0.1, -0.05) is 30.3 Å². The number of aromatic amines is 1. The molecule has 3 N–H and O–H groups in total. The third kappa shape index (κ3) is 4.38. The van der Waals surface area contributed by atoms with Crippen LogP contribution in [0.5, 0.6) is 0 Å². The lowest BCUT2D eigenvalue weighted by atomic mass is 10.1. The zero-order valence-electron chi connectivity index (χ0n) is 14.9. The number of nitrogens with one attached hydrogen (secondary N) is 3. The van der Waals surface area contributed by atoms with Crippen LogP contribution in [0, 0.1) is 5.92 Å². The lowest BCUT2D eigenvalue weighted by Crippen LogP contribution is -2.34. The Kier molecular flexibility index (Phi) is 4.93. The molecule has 2 amide bonds. The summed E-state index contributed by atoms with van der Waals surface area (Å²) in [6.07, 6.45) is 1.08. The van der Waals surface area contributed by atoms with Gasteiger partial charge in [0.1, 0.15) is 0 Å². The molecule has 140 valence electrons. The molecule has 0 bridgehead atoms. The van der Waals surface area contributed by atoms with Gasteiger partial charge in [-0.2, -0.15) is 0 Å². The summed E-state index contributed by atoms with van der Waals surface area (Å²) in [7, 11) is 0. The van der Waals surface area contributed by atoms with Crippen LogP contribution in [0.15, 0.2) is 57.7 Å². The van der Waals surface area contributed by atoms with Crippen molar-refractivity contribution in [2.75, 3.05) is 25.0 Å². The van der Waals surface area contributed by atoms with Crippen LogP contribution in [0.25, 0.3) is 11.1 Å². The van der Waals surface area contributed by atoms with Gasteiger partial charge in [-0.3, -0.25) is 9.88 Å². The van der Waals surface area contributed by atoms with Crippen molar-refractivity contribution in [3.63, 3.8) is 0 Å². The van der Waals surface area contributed by atoms with Gasteiger partial charge in [0.2, 0.25) is 0 Å². The number of amides is 2. The Morgan fingerprint density at radius 3 is 2.93 bits per heavy atom. The molecule has 1 aliphatic heterocycles. The number of hydrogen-bond acceptors (Lipinski definition) is 4. The summed E-state index contributed by atoms with van der Waals surface area (Å²) < 4.78 is 5.00. The van der Waals surface area contributed by atoms with E-state index >= 15 is 0 Å². The van der Waals surface area contributed by atoms with Gasteiger partial charge in [0.15, 0.2) is 5.58 Å². The van der Waals surface area contributed by atoms with Crippen LogP contribution in [0.4, 0.5) is 10.5 Å². The molecule has 0 radical (unpaired) electrons. The molecule has 1 atom stereocenters. The van der Waals surface area contributed by atoms with Crippen molar-refractivity contribution in [3.05, 3.63) is 64.6 Å². The number of anilines is 1. The lowest BCUT2D eigenvalue weighted by molar-refractivity contribution is 0.249. The summed E-state index contributed by atoms with van der Waals surface area (Å²) in [6, 6.07) is 15.2. The van der Waals surface area contributed by atoms with E-state index in [-0.39, 0.29) is 6.03 Å². The first kappa shape index (κ1) is 17.4. The van der Waals surface area contributed by atoms with E-state index in [1.54, 1.807) is 18.2 Å². The highest BCUT2D eigenvalue weighted by atomic mass is 16.4. The minimum atomic E-state index is -0.507. The Bertz CT molecular complexity index is 980. The van der Waals surface area contributed by atoms with Gasteiger partial charge in [-0.15, -0.1) is 0 Å². The summed E-state index contributed by atoms with van der Waals surface area (Å²) in [4.78, 5) is 28.3. The van der Waals surface area contributed by atoms with E-state index in [1.807, 2.05) is 6.07 Å². The number of H-pyrrole nitrogens is 1. The van der Waals surface area contributed by atoms with E-state index in [0.29, 0.717) is 29.2 Å². The molecule has 1 aromatic heterocycles. The largest absolute Gasteiger partial charge is 0.417 e. The molecule has 3 aromatic rings. The van der Waals surface area contributed by atoms with Gasteiger partial charge in [0, 0.05) is 31.4 Å². The molecule has 27 heavy (non-hydrogen) atoms. The van der Waals surface area contributed by atoms with E-state index in [4.69, 9.17) is 4.42 Å². The number of urea groups is 1. The highest BCUT2D eigenvalue weighted by molar-refractivity contribution is 5.91. The number of likely N-dealkylation sites (tertiary alicyclic amines) is 1. The van der Waals surface area contributed by atoms with E-state index in [9.17, 15) is 9.59 Å². The number of benzene rings is 2. The van der Waals surface area contributed by atoms with Crippen LogP contribution >= 0.6 is 0 Å². The monoisotopic (exact) mass is 366 g/mol. The first-order valence-electron chi connectivity index (χ1n) is 9.10. The molecule has 0 unspecified atom stereocenters. The van der Waals surface area contributed by atoms with Gasteiger partial charge in [0.25, 0.3) is 0 Å². The maximum Gasteiger partial charge on any atom is 0.417 e. The fourth-order valence-corrected chi connectivity index (χ4v) is 3.50. The van der Waals surface area contributed by atoms with Gasteiger partial charge < -0.3 is 15.1 Å². The fraction of sp³-hybridized carbons (Fsp3) is 0.300. The van der Waals surface area contributed by atoms with Crippen molar-refractivity contribution in [2.45, 2.75) is 13.0 Å². The predicted octanol–water partition coefficient (Wildman–Crippen LogP) is 2.76. The molecule has 0 spiro atoms. The number of carbonyl (C=O) groups excluding carboxylic acids is 1. The smallest absolute Gasteiger partial charge is 0.408 e. The van der Waals surface area contributed by atoms with Crippen LogP contribution in [0.2, 0.25) is 0 Å². The molecule has 2 heterocycles. The van der Waals surface area contributed by atoms with Crippen LogP contribution in [0.3, 0.4) is 0 Å². The quantitative estimate of drug-likeness (QED) is 0.648. The average Bonchev–Trinajstić information content (AvgIpc) is 3.26. The normalized spacial score (nSPS) is 17.3. The van der Waals surface area contributed by atoms with E-state index in [2.05, 4.69) is 44.8 Å². The SMILES string of the molecule is O=C(NC[C@@H]1CCN(Cc2ccccc2)C1)Nc1ccc2[nH]c(=O)oc2c1.